The summed E-state index contributed by atoms with van der Waals surface area (Å²) in [6.07, 6.45) is 0.476. The predicted octanol–water partition coefficient (Wildman–Crippen LogP) is 3.05. The highest BCUT2D eigenvalue weighted by Crippen LogP contribution is 2.26. The second-order valence-electron chi connectivity index (χ2n) is 5.53. The van der Waals surface area contributed by atoms with Gasteiger partial charge in [-0.05, 0) is 51.6 Å². The fourth-order valence-corrected chi connectivity index (χ4v) is 2.02. The Balaban J connectivity index is 2.88. The van der Waals surface area contributed by atoms with Gasteiger partial charge in [-0.3, -0.25) is 4.79 Å². The van der Waals surface area contributed by atoms with Gasteiger partial charge < -0.3 is 10.0 Å². The molecule has 100 valence electrons. The van der Waals surface area contributed by atoms with Crippen LogP contribution in [0.1, 0.15) is 25.0 Å². The van der Waals surface area contributed by atoms with E-state index in [1.807, 2.05) is 37.2 Å². The van der Waals surface area contributed by atoms with Crippen LogP contribution in [0.15, 0.2) is 18.2 Å². The number of nitrogens with zero attached hydrogens (tertiary/aromatic N) is 1. The van der Waals surface area contributed by atoms with Crippen LogP contribution in [0, 0.1) is 5.41 Å². The lowest BCUT2D eigenvalue weighted by molar-refractivity contribution is -0.146. The van der Waals surface area contributed by atoms with Gasteiger partial charge in [-0.25, -0.2) is 0 Å². The Hall–Kier alpha value is -1.06. The molecule has 0 fully saturated rings. The molecule has 0 aromatic heterocycles. The highest BCUT2D eigenvalue weighted by atomic mass is 35.5. The molecule has 1 rings (SSSR count). The van der Waals surface area contributed by atoms with E-state index in [0.717, 1.165) is 17.7 Å². The minimum atomic E-state index is -0.795. The van der Waals surface area contributed by atoms with Crippen LogP contribution in [0.5, 0.6) is 0 Å². The number of benzene rings is 1. The van der Waals surface area contributed by atoms with Gasteiger partial charge in [0, 0.05) is 11.6 Å². The van der Waals surface area contributed by atoms with Crippen molar-refractivity contribution in [2.24, 2.45) is 5.41 Å². The smallest absolute Gasteiger partial charge is 0.309 e. The van der Waals surface area contributed by atoms with Crippen molar-refractivity contribution >= 4 is 17.6 Å². The summed E-state index contributed by atoms with van der Waals surface area (Å²) >= 11 is 6.21. The molecule has 1 N–H and O–H groups in total. The van der Waals surface area contributed by atoms with Crippen molar-refractivity contribution in [2.45, 2.75) is 26.8 Å². The van der Waals surface area contributed by atoms with Crippen molar-refractivity contribution in [3.05, 3.63) is 34.3 Å². The molecule has 0 heterocycles. The molecule has 0 aliphatic heterocycles. The molecule has 0 radical (unpaired) electrons. The van der Waals surface area contributed by atoms with Gasteiger partial charge in [0.15, 0.2) is 0 Å². The van der Waals surface area contributed by atoms with Gasteiger partial charge in [0.25, 0.3) is 0 Å². The number of aliphatic carboxylic acids is 1. The highest BCUT2D eigenvalue weighted by molar-refractivity contribution is 6.31. The third-order valence-electron chi connectivity index (χ3n) is 2.83. The molecule has 0 saturated carbocycles. The number of carboxylic acids is 1. The van der Waals surface area contributed by atoms with Crippen LogP contribution in [0.4, 0.5) is 0 Å². The van der Waals surface area contributed by atoms with E-state index in [4.69, 9.17) is 16.7 Å². The molecule has 1 aromatic carbocycles. The van der Waals surface area contributed by atoms with Crippen LogP contribution in [0.2, 0.25) is 5.02 Å². The predicted molar refractivity (Wildman–Crippen MR) is 74.0 cm³/mol. The lowest BCUT2D eigenvalue weighted by Crippen LogP contribution is -2.26. The molecule has 0 unspecified atom stereocenters. The summed E-state index contributed by atoms with van der Waals surface area (Å²) in [4.78, 5) is 13.1. The maximum Gasteiger partial charge on any atom is 0.309 e. The van der Waals surface area contributed by atoms with Gasteiger partial charge in [-0.1, -0.05) is 23.7 Å². The molecular weight excluding hydrogens is 250 g/mol. The first-order chi connectivity index (χ1) is 8.22. The van der Waals surface area contributed by atoms with Crippen molar-refractivity contribution in [1.29, 1.82) is 0 Å². The number of carbonyl (C=O) groups is 1. The lowest BCUT2D eigenvalue weighted by atomic mass is 9.86. The zero-order valence-electron chi connectivity index (χ0n) is 11.3. The summed E-state index contributed by atoms with van der Waals surface area (Å²) in [5, 5.41) is 9.80. The van der Waals surface area contributed by atoms with E-state index < -0.39 is 11.4 Å². The Bertz CT molecular complexity index is 441. The maximum atomic E-state index is 11.1. The van der Waals surface area contributed by atoms with Gasteiger partial charge >= 0.3 is 5.97 Å². The first kappa shape index (κ1) is 15.0. The van der Waals surface area contributed by atoms with Crippen LogP contribution in [0.25, 0.3) is 0 Å². The summed E-state index contributed by atoms with van der Waals surface area (Å²) in [6, 6.07) is 5.79. The lowest BCUT2D eigenvalue weighted by Gasteiger charge is -2.20. The van der Waals surface area contributed by atoms with Gasteiger partial charge in [-0.15, -0.1) is 0 Å². The number of hydrogen-bond acceptors (Lipinski definition) is 2. The first-order valence-corrected chi connectivity index (χ1v) is 6.25. The monoisotopic (exact) mass is 269 g/mol. The van der Waals surface area contributed by atoms with E-state index in [0.29, 0.717) is 11.4 Å². The highest BCUT2D eigenvalue weighted by Gasteiger charge is 2.27. The van der Waals surface area contributed by atoms with Crippen LogP contribution < -0.4 is 0 Å². The standard InChI is InChI=1S/C14H20ClNO2/c1-14(2,13(17)18)8-10-5-6-11(9-16(3)4)12(15)7-10/h5-7H,8-9H2,1-4H3,(H,17,18). The second-order valence-corrected chi connectivity index (χ2v) is 5.94. The van der Waals surface area contributed by atoms with E-state index in [2.05, 4.69) is 0 Å². The molecular formula is C14H20ClNO2. The van der Waals surface area contributed by atoms with Crippen molar-refractivity contribution in [1.82, 2.24) is 4.90 Å². The van der Waals surface area contributed by atoms with Gasteiger partial charge in [0.05, 0.1) is 5.41 Å². The normalized spacial score (nSPS) is 11.9. The van der Waals surface area contributed by atoms with E-state index in [-0.39, 0.29) is 0 Å². The molecule has 0 saturated heterocycles. The molecule has 0 atom stereocenters. The van der Waals surface area contributed by atoms with E-state index in [1.165, 1.54) is 0 Å². The Morgan fingerprint density at radius 3 is 2.44 bits per heavy atom. The Morgan fingerprint density at radius 2 is 2.00 bits per heavy atom. The fourth-order valence-electron chi connectivity index (χ4n) is 1.76. The molecule has 0 spiro atoms. The third-order valence-corrected chi connectivity index (χ3v) is 3.18. The largest absolute Gasteiger partial charge is 0.481 e. The Morgan fingerprint density at radius 1 is 1.39 bits per heavy atom. The number of rotatable bonds is 5. The number of hydrogen-bond donors (Lipinski definition) is 1. The minimum absolute atomic E-state index is 0.476. The van der Waals surface area contributed by atoms with Crippen molar-refractivity contribution in [2.75, 3.05) is 14.1 Å². The molecule has 3 nitrogen and oxygen atoms in total. The van der Waals surface area contributed by atoms with E-state index in [9.17, 15) is 4.79 Å². The zero-order chi connectivity index (χ0) is 13.9. The van der Waals surface area contributed by atoms with Crippen molar-refractivity contribution in [3.8, 4) is 0 Å². The molecule has 4 heteroatoms. The quantitative estimate of drug-likeness (QED) is 0.893. The maximum absolute atomic E-state index is 11.1. The summed E-state index contributed by atoms with van der Waals surface area (Å²) in [7, 11) is 3.97. The van der Waals surface area contributed by atoms with E-state index >= 15 is 0 Å². The van der Waals surface area contributed by atoms with Crippen LogP contribution in [-0.4, -0.2) is 30.1 Å². The van der Waals surface area contributed by atoms with Gasteiger partial charge in [0.2, 0.25) is 0 Å². The third kappa shape index (κ3) is 4.00. The van der Waals surface area contributed by atoms with Crippen molar-refractivity contribution < 1.29 is 9.90 Å². The molecule has 1 aromatic rings. The van der Waals surface area contributed by atoms with Gasteiger partial charge in [-0.2, -0.15) is 0 Å². The fraction of sp³-hybridized carbons (Fsp3) is 0.500. The molecule has 0 bridgehead atoms. The second kappa shape index (κ2) is 5.72. The molecule has 0 aliphatic carbocycles. The Kier molecular flexibility index (Phi) is 4.77. The van der Waals surface area contributed by atoms with Crippen LogP contribution in [-0.2, 0) is 17.8 Å². The summed E-state index contributed by atoms with van der Waals surface area (Å²) < 4.78 is 0. The van der Waals surface area contributed by atoms with Gasteiger partial charge in [0.1, 0.15) is 0 Å². The number of carboxylic acid groups (broad SMARTS) is 1. The topological polar surface area (TPSA) is 40.5 Å². The zero-order valence-corrected chi connectivity index (χ0v) is 12.1. The average Bonchev–Trinajstić information content (AvgIpc) is 2.21. The summed E-state index contributed by atoms with van der Waals surface area (Å²) in [6.45, 7) is 4.22. The summed E-state index contributed by atoms with van der Waals surface area (Å²) in [5.41, 5.74) is 1.24. The molecule has 0 aliphatic rings. The first-order valence-electron chi connectivity index (χ1n) is 5.88. The van der Waals surface area contributed by atoms with Crippen molar-refractivity contribution in [3.63, 3.8) is 0 Å². The average molecular weight is 270 g/mol. The van der Waals surface area contributed by atoms with Crippen LogP contribution >= 0.6 is 11.6 Å². The summed E-state index contributed by atoms with van der Waals surface area (Å²) in [5.74, 6) is -0.795. The molecule has 0 amide bonds. The SMILES string of the molecule is CN(C)Cc1ccc(CC(C)(C)C(=O)O)cc1Cl. The van der Waals surface area contributed by atoms with E-state index in [1.54, 1.807) is 13.8 Å². The minimum Gasteiger partial charge on any atom is -0.481 e. The van der Waals surface area contributed by atoms with Crippen LogP contribution in [0.3, 0.4) is 0 Å². The molecule has 18 heavy (non-hydrogen) atoms. The number of halogens is 1. The Labute approximate surface area is 113 Å².